The number of rotatable bonds is 2. The van der Waals surface area contributed by atoms with Crippen LogP contribution in [-0.4, -0.2) is 5.78 Å². The molecule has 0 amide bonds. The van der Waals surface area contributed by atoms with Gasteiger partial charge in [-0.3, -0.25) is 4.79 Å². The second-order valence-corrected chi connectivity index (χ2v) is 6.50. The molecule has 0 N–H and O–H groups in total. The molecule has 0 radical (unpaired) electrons. The molecule has 0 spiro atoms. The van der Waals surface area contributed by atoms with Crippen LogP contribution in [0.5, 0.6) is 0 Å². The van der Waals surface area contributed by atoms with Crippen molar-refractivity contribution in [3.05, 3.63) is 21.9 Å². The monoisotopic (exact) mass is 236 g/mol. The van der Waals surface area contributed by atoms with Crippen LogP contribution in [0.15, 0.2) is 11.4 Å². The van der Waals surface area contributed by atoms with E-state index in [1.807, 2.05) is 18.4 Å². The molecule has 0 aliphatic heterocycles. The van der Waals surface area contributed by atoms with Gasteiger partial charge in [-0.1, -0.05) is 26.7 Å². The molecular formula is C14H20OS. The lowest BCUT2D eigenvalue weighted by molar-refractivity contribution is 0.0701. The van der Waals surface area contributed by atoms with Gasteiger partial charge in [-0.25, -0.2) is 0 Å². The quantitative estimate of drug-likeness (QED) is 0.693. The summed E-state index contributed by atoms with van der Waals surface area (Å²) in [6, 6.07) is 2.05. The van der Waals surface area contributed by atoms with Crippen LogP contribution in [-0.2, 0) is 0 Å². The first-order chi connectivity index (χ1) is 7.52. The standard InChI is InChI=1S/C14H20OS/c1-10-7-9-16-13(10)12(15)11-6-4-5-8-14(11,2)3/h7,9,11H,4-6,8H2,1-3H3. The molecule has 0 aromatic carbocycles. The topological polar surface area (TPSA) is 17.1 Å². The van der Waals surface area contributed by atoms with Crippen LogP contribution in [0.4, 0.5) is 0 Å². The Morgan fingerprint density at radius 2 is 2.19 bits per heavy atom. The predicted molar refractivity (Wildman–Crippen MR) is 69.1 cm³/mol. The Labute approximate surface area is 102 Å². The summed E-state index contributed by atoms with van der Waals surface area (Å²) in [6.07, 6.45) is 4.75. The van der Waals surface area contributed by atoms with Crippen molar-refractivity contribution in [2.45, 2.75) is 46.5 Å². The van der Waals surface area contributed by atoms with Crippen LogP contribution in [0.3, 0.4) is 0 Å². The van der Waals surface area contributed by atoms with E-state index in [-0.39, 0.29) is 11.3 Å². The average molecular weight is 236 g/mol. The van der Waals surface area contributed by atoms with E-state index in [0.29, 0.717) is 5.78 Å². The molecule has 16 heavy (non-hydrogen) atoms. The number of hydrogen-bond acceptors (Lipinski definition) is 2. The number of hydrogen-bond donors (Lipinski definition) is 0. The normalized spacial score (nSPS) is 24.3. The fourth-order valence-electron chi connectivity index (χ4n) is 2.76. The summed E-state index contributed by atoms with van der Waals surface area (Å²) >= 11 is 1.60. The van der Waals surface area contributed by atoms with Gasteiger partial charge >= 0.3 is 0 Å². The van der Waals surface area contributed by atoms with Gasteiger partial charge in [0.2, 0.25) is 0 Å². The van der Waals surface area contributed by atoms with Gasteiger partial charge in [0.25, 0.3) is 0 Å². The van der Waals surface area contributed by atoms with Crippen molar-refractivity contribution in [3.8, 4) is 0 Å². The molecule has 1 fully saturated rings. The zero-order valence-electron chi connectivity index (χ0n) is 10.4. The van der Waals surface area contributed by atoms with Crippen molar-refractivity contribution < 1.29 is 4.79 Å². The van der Waals surface area contributed by atoms with Gasteiger partial charge in [-0.2, -0.15) is 0 Å². The first-order valence-corrected chi connectivity index (χ1v) is 6.98. The molecule has 2 rings (SSSR count). The van der Waals surface area contributed by atoms with Crippen LogP contribution >= 0.6 is 11.3 Å². The Kier molecular flexibility index (Phi) is 3.20. The van der Waals surface area contributed by atoms with Crippen LogP contribution < -0.4 is 0 Å². The molecule has 1 heterocycles. The molecule has 1 aliphatic rings. The van der Waals surface area contributed by atoms with E-state index in [4.69, 9.17) is 0 Å². The van der Waals surface area contributed by atoms with Gasteiger partial charge in [-0.15, -0.1) is 11.3 Å². The number of ketones is 1. The number of Topliss-reactive ketones (excluding diaryl/α,β-unsaturated/α-hetero) is 1. The number of carbonyl (C=O) groups is 1. The van der Waals surface area contributed by atoms with Crippen molar-refractivity contribution in [1.29, 1.82) is 0 Å². The fraction of sp³-hybridized carbons (Fsp3) is 0.643. The van der Waals surface area contributed by atoms with E-state index in [0.717, 1.165) is 16.9 Å². The SMILES string of the molecule is Cc1ccsc1C(=O)C1CCCCC1(C)C. The summed E-state index contributed by atoms with van der Waals surface area (Å²) < 4.78 is 0. The molecule has 1 aromatic rings. The summed E-state index contributed by atoms with van der Waals surface area (Å²) in [4.78, 5) is 13.5. The maximum absolute atomic E-state index is 12.5. The highest BCUT2D eigenvalue weighted by Gasteiger charge is 2.38. The van der Waals surface area contributed by atoms with E-state index < -0.39 is 0 Å². The van der Waals surface area contributed by atoms with E-state index in [9.17, 15) is 4.79 Å². The maximum atomic E-state index is 12.5. The van der Waals surface area contributed by atoms with Crippen molar-refractivity contribution >= 4 is 17.1 Å². The minimum atomic E-state index is 0.186. The van der Waals surface area contributed by atoms with Crippen molar-refractivity contribution in [2.24, 2.45) is 11.3 Å². The number of carbonyl (C=O) groups excluding carboxylic acids is 1. The van der Waals surface area contributed by atoms with Crippen molar-refractivity contribution in [2.75, 3.05) is 0 Å². The summed E-state index contributed by atoms with van der Waals surface area (Å²) in [7, 11) is 0. The third-order valence-corrected chi connectivity index (χ3v) is 4.94. The highest BCUT2D eigenvalue weighted by atomic mass is 32.1. The highest BCUT2D eigenvalue weighted by molar-refractivity contribution is 7.12. The minimum Gasteiger partial charge on any atom is -0.293 e. The molecular weight excluding hydrogens is 216 g/mol. The summed E-state index contributed by atoms with van der Waals surface area (Å²) in [5, 5.41) is 2.03. The van der Waals surface area contributed by atoms with E-state index in [1.54, 1.807) is 11.3 Å². The van der Waals surface area contributed by atoms with E-state index in [1.165, 1.54) is 19.3 Å². The molecule has 1 aromatic heterocycles. The third-order valence-electron chi connectivity index (χ3n) is 3.91. The zero-order chi connectivity index (χ0) is 11.8. The summed E-state index contributed by atoms with van der Waals surface area (Å²) in [6.45, 7) is 6.54. The van der Waals surface area contributed by atoms with Crippen LogP contribution in [0.1, 0.15) is 54.8 Å². The van der Waals surface area contributed by atoms with Gasteiger partial charge in [0, 0.05) is 5.92 Å². The Balaban J connectivity index is 2.24. The van der Waals surface area contributed by atoms with Crippen LogP contribution in [0.25, 0.3) is 0 Å². The summed E-state index contributed by atoms with van der Waals surface area (Å²) in [5.74, 6) is 0.621. The Bertz CT molecular complexity index is 389. The second kappa shape index (κ2) is 4.33. The molecule has 0 bridgehead atoms. The lowest BCUT2D eigenvalue weighted by atomic mass is 9.67. The predicted octanol–water partition coefficient (Wildman–Crippen LogP) is 4.46. The number of thiophene rings is 1. The smallest absolute Gasteiger partial charge is 0.176 e. The van der Waals surface area contributed by atoms with Crippen molar-refractivity contribution in [1.82, 2.24) is 0 Å². The zero-order valence-corrected chi connectivity index (χ0v) is 11.2. The lowest BCUT2D eigenvalue weighted by Crippen LogP contribution is -2.33. The minimum absolute atomic E-state index is 0.186. The highest BCUT2D eigenvalue weighted by Crippen LogP contribution is 2.42. The maximum Gasteiger partial charge on any atom is 0.176 e. The third kappa shape index (κ3) is 2.08. The van der Waals surface area contributed by atoms with Gasteiger partial charge in [0.05, 0.1) is 4.88 Å². The second-order valence-electron chi connectivity index (χ2n) is 5.58. The Morgan fingerprint density at radius 3 is 2.75 bits per heavy atom. The molecule has 2 heteroatoms. The number of aryl methyl sites for hydroxylation is 1. The molecule has 88 valence electrons. The molecule has 0 saturated heterocycles. The average Bonchev–Trinajstić information content (AvgIpc) is 2.63. The molecule has 1 unspecified atom stereocenters. The fourth-order valence-corrected chi connectivity index (χ4v) is 3.68. The largest absolute Gasteiger partial charge is 0.293 e. The lowest BCUT2D eigenvalue weighted by Gasteiger charge is -2.37. The molecule has 1 atom stereocenters. The Morgan fingerprint density at radius 1 is 1.44 bits per heavy atom. The van der Waals surface area contributed by atoms with Gasteiger partial charge in [0.15, 0.2) is 5.78 Å². The van der Waals surface area contributed by atoms with E-state index >= 15 is 0 Å². The van der Waals surface area contributed by atoms with Crippen LogP contribution in [0, 0.1) is 18.3 Å². The van der Waals surface area contributed by atoms with Crippen molar-refractivity contribution in [3.63, 3.8) is 0 Å². The first kappa shape index (κ1) is 11.8. The first-order valence-electron chi connectivity index (χ1n) is 6.11. The van der Waals surface area contributed by atoms with E-state index in [2.05, 4.69) is 13.8 Å². The van der Waals surface area contributed by atoms with Crippen LogP contribution in [0.2, 0.25) is 0 Å². The molecule has 1 aliphatic carbocycles. The molecule has 1 saturated carbocycles. The Hall–Kier alpha value is -0.630. The summed E-state index contributed by atoms with van der Waals surface area (Å²) in [5.41, 5.74) is 1.34. The molecule has 1 nitrogen and oxygen atoms in total. The van der Waals surface area contributed by atoms with Gasteiger partial charge in [0.1, 0.15) is 0 Å². The van der Waals surface area contributed by atoms with Gasteiger partial charge < -0.3 is 0 Å². The van der Waals surface area contributed by atoms with Gasteiger partial charge in [-0.05, 0) is 42.2 Å².